The molecule has 0 aliphatic heterocycles. The number of azo groups is 1. The number of phenolic OH excluding ortho intramolecular Hbond substituents is 1. The summed E-state index contributed by atoms with van der Waals surface area (Å²) in [4.78, 5) is 14.8. The van der Waals surface area contributed by atoms with Gasteiger partial charge in [0, 0.05) is 23.1 Å². The fraction of sp³-hybridized carbons (Fsp3) is 0.0800. The van der Waals surface area contributed by atoms with Crippen LogP contribution in [0, 0.1) is 6.92 Å². The van der Waals surface area contributed by atoms with Crippen molar-refractivity contribution in [2.24, 2.45) is 10.2 Å². The van der Waals surface area contributed by atoms with E-state index >= 15 is 0 Å². The van der Waals surface area contributed by atoms with Crippen molar-refractivity contribution in [1.29, 1.82) is 0 Å². The summed E-state index contributed by atoms with van der Waals surface area (Å²) in [5.74, 6) is -0.563. The normalized spacial score (nSPS) is 11.2. The average molecular weight is 430 g/mol. The Kier molecular flexibility index (Phi) is 5.69. The average Bonchev–Trinajstić information content (AvgIpc) is 2.78. The van der Waals surface area contributed by atoms with Crippen LogP contribution in [0.5, 0.6) is 5.75 Å². The van der Waals surface area contributed by atoms with Crippen LogP contribution in [0.4, 0.5) is 17.1 Å². The van der Waals surface area contributed by atoms with Gasteiger partial charge in [-0.2, -0.15) is 5.11 Å². The standard InChI is InChI=1S/C25H20ClN3O2/c1-16-14-18(26)12-13-22(16)29(2)25(31)21-15-17-8-6-7-11-20(17)23(24(21)30)28-27-19-9-4-3-5-10-19/h3-15,30H,1-2H3. The largest absolute Gasteiger partial charge is 0.505 e. The molecule has 0 saturated carbocycles. The van der Waals surface area contributed by atoms with Crippen LogP contribution >= 0.6 is 11.6 Å². The Hall–Kier alpha value is -3.70. The van der Waals surface area contributed by atoms with Crippen molar-refractivity contribution in [3.8, 4) is 5.75 Å². The molecule has 5 nitrogen and oxygen atoms in total. The molecule has 6 heteroatoms. The number of nitrogens with zero attached hydrogens (tertiary/aromatic N) is 3. The van der Waals surface area contributed by atoms with Gasteiger partial charge in [-0.3, -0.25) is 4.79 Å². The van der Waals surface area contributed by atoms with Crippen LogP contribution < -0.4 is 4.90 Å². The molecule has 4 aromatic rings. The highest BCUT2D eigenvalue weighted by molar-refractivity contribution is 6.30. The highest BCUT2D eigenvalue weighted by Crippen LogP contribution is 2.40. The highest BCUT2D eigenvalue weighted by Gasteiger charge is 2.22. The summed E-state index contributed by atoms with van der Waals surface area (Å²) in [5, 5.41) is 21.6. The van der Waals surface area contributed by atoms with Gasteiger partial charge in [0.2, 0.25) is 0 Å². The van der Waals surface area contributed by atoms with Gasteiger partial charge in [-0.15, -0.1) is 5.11 Å². The number of phenols is 1. The Bertz CT molecular complexity index is 1300. The number of aryl methyl sites for hydroxylation is 1. The van der Waals surface area contributed by atoms with Crippen LogP contribution in [0.3, 0.4) is 0 Å². The van der Waals surface area contributed by atoms with Gasteiger partial charge in [0.05, 0.1) is 11.3 Å². The lowest BCUT2D eigenvalue weighted by molar-refractivity contribution is 0.0990. The molecule has 0 aromatic heterocycles. The number of amides is 1. The zero-order valence-corrected chi connectivity index (χ0v) is 17.8. The SMILES string of the molecule is Cc1cc(Cl)ccc1N(C)C(=O)c1cc2ccccc2c(N=Nc2ccccc2)c1O. The molecule has 0 atom stereocenters. The Morgan fingerprint density at radius 2 is 1.65 bits per heavy atom. The summed E-state index contributed by atoms with van der Waals surface area (Å²) < 4.78 is 0. The first-order valence-electron chi connectivity index (χ1n) is 9.71. The molecule has 1 N–H and O–H groups in total. The molecule has 0 unspecified atom stereocenters. The number of carbonyl (C=O) groups excluding carboxylic acids is 1. The van der Waals surface area contributed by atoms with Crippen LogP contribution in [0.25, 0.3) is 10.8 Å². The molecule has 0 bridgehead atoms. The molecule has 0 heterocycles. The van der Waals surface area contributed by atoms with Gasteiger partial charge in [-0.1, -0.05) is 54.1 Å². The topological polar surface area (TPSA) is 65.3 Å². The Morgan fingerprint density at radius 1 is 0.935 bits per heavy atom. The third-order valence-corrected chi connectivity index (χ3v) is 5.31. The van der Waals surface area contributed by atoms with Crippen molar-refractivity contribution in [2.45, 2.75) is 6.92 Å². The van der Waals surface area contributed by atoms with Gasteiger partial charge in [0.1, 0.15) is 5.69 Å². The maximum atomic E-state index is 13.3. The van der Waals surface area contributed by atoms with Crippen LogP contribution in [0.2, 0.25) is 5.02 Å². The third-order valence-electron chi connectivity index (χ3n) is 5.07. The minimum absolute atomic E-state index is 0.151. The number of anilines is 1. The molecule has 0 radical (unpaired) electrons. The maximum absolute atomic E-state index is 13.3. The molecular formula is C25H20ClN3O2. The van der Waals surface area contributed by atoms with E-state index in [1.807, 2.05) is 61.5 Å². The van der Waals surface area contributed by atoms with Gasteiger partial charge >= 0.3 is 0 Å². The van der Waals surface area contributed by atoms with E-state index in [2.05, 4.69) is 10.2 Å². The molecule has 0 saturated heterocycles. The zero-order chi connectivity index (χ0) is 22.0. The predicted octanol–water partition coefficient (Wildman–Crippen LogP) is 7.20. The second kappa shape index (κ2) is 8.58. The Labute approximate surface area is 185 Å². The van der Waals surface area contributed by atoms with Crippen molar-refractivity contribution in [2.75, 3.05) is 11.9 Å². The molecule has 4 rings (SSSR count). The molecule has 0 aliphatic rings. The minimum atomic E-state index is -0.357. The quantitative estimate of drug-likeness (QED) is 0.348. The van der Waals surface area contributed by atoms with Crippen molar-refractivity contribution in [3.63, 3.8) is 0 Å². The fourth-order valence-electron chi connectivity index (χ4n) is 3.47. The molecule has 0 spiro atoms. The van der Waals surface area contributed by atoms with E-state index in [9.17, 15) is 9.90 Å². The Balaban J connectivity index is 1.82. The molecular weight excluding hydrogens is 410 g/mol. The summed E-state index contributed by atoms with van der Waals surface area (Å²) in [6, 6.07) is 23.7. The summed E-state index contributed by atoms with van der Waals surface area (Å²) in [6.07, 6.45) is 0. The number of hydrogen-bond donors (Lipinski definition) is 1. The van der Waals surface area contributed by atoms with Crippen molar-refractivity contribution >= 4 is 45.3 Å². The molecule has 0 aliphatic carbocycles. The van der Waals surface area contributed by atoms with E-state index < -0.39 is 0 Å². The van der Waals surface area contributed by atoms with Gasteiger partial charge in [0.15, 0.2) is 5.75 Å². The highest BCUT2D eigenvalue weighted by atomic mass is 35.5. The summed E-state index contributed by atoms with van der Waals surface area (Å²) in [5.41, 5.74) is 2.61. The fourth-order valence-corrected chi connectivity index (χ4v) is 3.70. The summed E-state index contributed by atoms with van der Waals surface area (Å²) in [7, 11) is 1.67. The lowest BCUT2D eigenvalue weighted by atomic mass is 10.0. The van der Waals surface area contributed by atoms with E-state index in [4.69, 9.17) is 11.6 Å². The second-order valence-electron chi connectivity index (χ2n) is 7.17. The van der Waals surface area contributed by atoms with E-state index in [-0.39, 0.29) is 22.9 Å². The maximum Gasteiger partial charge on any atom is 0.261 e. The number of carbonyl (C=O) groups is 1. The van der Waals surface area contributed by atoms with E-state index in [1.54, 1.807) is 31.3 Å². The van der Waals surface area contributed by atoms with Crippen molar-refractivity contribution < 1.29 is 9.90 Å². The van der Waals surface area contributed by atoms with Crippen LogP contribution in [-0.2, 0) is 0 Å². The first kappa shape index (κ1) is 20.6. The van der Waals surface area contributed by atoms with Crippen molar-refractivity contribution in [1.82, 2.24) is 0 Å². The zero-order valence-electron chi connectivity index (χ0n) is 17.1. The molecule has 0 fully saturated rings. The monoisotopic (exact) mass is 429 g/mol. The predicted molar refractivity (Wildman–Crippen MR) is 125 cm³/mol. The number of hydrogen-bond acceptors (Lipinski definition) is 4. The summed E-state index contributed by atoms with van der Waals surface area (Å²) in [6.45, 7) is 1.88. The van der Waals surface area contributed by atoms with Crippen LogP contribution in [0.15, 0.2) is 89.1 Å². The lowest BCUT2D eigenvalue weighted by Gasteiger charge is -2.21. The molecule has 4 aromatic carbocycles. The number of benzene rings is 4. The first-order chi connectivity index (χ1) is 15.0. The number of halogens is 1. The van der Waals surface area contributed by atoms with Crippen molar-refractivity contribution in [3.05, 3.63) is 95.0 Å². The number of fused-ring (bicyclic) bond motifs is 1. The molecule has 1 amide bonds. The second-order valence-corrected chi connectivity index (χ2v) is 7.61. The molecule has 154 valence electrons. The van der Waals surface area contributed by atoms with Gasteiger partial charge < -0.3 is 10.0 Å². The Morgan fingerprint density at radius 3 is 2.39 bits per heavy atom. The minimum Gasteiger partial charge on any atom is -0.505 e. The lowest BCUT2D eigenvalue weighted by Crippen LogP contribution is -2.27. The van der Waals surface area contributed by atoms with E-state index in [0.717, 1.165) is 10.9 Å². The number of aromatic hydroxyl groups is 1. The van der Waals surface area contributed by atoms with Crippen LogP contribution in [-0.4, -0.2) is 18.1 Å². The van der Waals surface area contributed by atoms with Gasteiger partial charge in [-0.25, -0.2) is 0 Å². The van der Waals surface area contributed by atoms with Crippen LogP contribution in [0.1, 0.15) is 15.9 Å². The summed E-state index contributed by atoms with van der Waals surface area (Å²) >= 11 is 6.05. The van der Waals surface area contributed by atoms with Gasteiger partial charge in [0.25, 0.3) is 5.91 Å². The number of rotatable bonds is 4. The third kappa shape index (κ3) is 4.13. The van der Waals surface area contributed by atoms with E-state index in [1.165, 1.54) is 4.90 Å². The molecule has 31 heavy (non-hydrogen) atoms. The van der Waals surface area contributed by atoms with Gasteiger partial charge in [-0.05, 0) is 54.3 Å². The smallest absolute Gasteiger partial charge is 0.261 e. The first-order valence-corrected chi connectivity index (χ1v) is 10.1. The van der Waals surface area contributed by atoms with E-state index in [0.29, 0.717) is 21.8 Å².